The van der Waals surface area contributed by atoms with Gasteiger partial charge in [-0.15, -0.1) is 0 Å². The summed E-state index contributed by atoms with van der Waals surface area (Å²) in [5.41, 5.74) is 4.29. The summed E-state index contributed by atoms with van der Waals surface area (Å²) in [6, 6.07) is 20.3. The fourth-order valence-electron chi connectivity index (χ4n) is 2.36. The molecule has 0 N–H and O–H groups in total. The molecule has 0 spiro atoms. The molecule has 2 aromatic carbocycles. The molecule has 0 aliphatic heterocycles. The van der Waals surface area contributed by atoms with Gasteiger partial charge in [0.1, 0.15) is 5.69 Å². The Hall–Kier alpha value is -2.61. The van der Waals surface area contributed by atoms with Crippen LogP contribution in [0.1, 0.15) is 19.7 Å². The molecule has 0 radical (unpaired) electrons. The van der Waals surface area contributed by atoms with Crippen molar-refractivity contribution in [3.8, 4) is 22.6 Å². The maximum absolute atomic E-state index is 6.08. The second-order valence-electron chi connectivity index (χ2n) is 5.33. The number of aromatic nitrogens is 1. The molecule has 1 heterocycles. The van der Waals surface area contributed by atoms with Gasteiger partial charge in [0.15, 0.2) is 11.7 Å². The third-order valence-corrected chi connectivity index (χ3v) is 3.68. The van der Waals surface area contributed by atoms with Gasteiger partial charge in [-0.05, 0) is 13.8 Å². The van der Waals surface area contributed by atoms with Crippen molar-refractivity contribution < 1.29 is 4.42 Å². The molecular formula is C20H19NO. The van der Waals surface area contributed by atoms with Crippen molar-refractivity contribution in [2.24, 2.45) is 0 Å². The Kier molecular flexibility index (Phi) is 4.19. The summed E-state index contributed by atoms with van der Waals surface area (Å²) in [6.45, 7) is 4.13. The van der Waals surface area contributed by atoms with Crippen molar-refractivity contribution in [1.29, 1.82) is 0 Å². The molecule has 0 saturated heterocycles. The Labute approximate surface area is 131 Å². The molecule has 0 amide bonds. The van der Waals surface area contributed by atoms with Crippen LogP contribution in [0.25, 0.3) is 22.6 Å². The number of benzene rings is 2. The Morgan fingerprint density at radius 3 is 2.14 bits per heavy atom. The average molecular weight is 289 g/mol. The quantitative estimate of drug-likeness (QED) is 0.591. The lowest BCUT2D eigenvalue weighted by Gasteiger charge is -2.00. The minimum Gasteiger partial charge on any atom is -0.440 e. The molecule has 0 bridgehead atoms. The molecule has 2 nitrogen and oxygen atoms in total. The third kappa shape index (κ3) is 3.01. The minimum atomic E-state index is 0.739. The van der Waals surface area contributed by atoms with Crippen LogP contribution in [0.15, 0.2) is 76.7 Å². The summed E-state index contributed by atoms with van der Waals surface area (Å²) in [5, 5.41) is 0. The van der Waals surface area contributed by atoms with Crippen LogP contribution in [0, 0.1) is 0 Å². The molecule has 22 heavy (non-hydrogen) atoms. The molecule has 3 rings (SSSR count). The zero-order valence-electron chi connectivity index (χ0n) is 12.9. The van der Waals surface area contributed by atoms with Crippen molar-refractivity contribution in [1.82, 2.24) is 4.98 Å². The molecule has 0 aliphatic carbocycles. The van der Waals surface area contributed by atoms with E-state index in [1.54, 1.807) is 0 Å². The first kappa shape index (κ1) is 14.3. The minimum absolute atomic E-state index is 0.739. The first-order valence-electron chi connectivity index (χ1n) is 7.50. The molecule has 2 heteroatoms. The highest BCUT2D eigenvalue weighted by atomic mass is 16.4. The van der Waals surface area contributed by atoms with Crippen LogP contribution in [-0.2, 0) is 6.42 Å². The molecule has 0 aliphatic rings. The monoisotopic (exact) mass is 289 g/mol. The normalized spacial score (nSPS) is 11.6. The number of allylic oxidation sites excluding steroid dienone is 2. The maximum atomic E-state index is 6.08. The Bertz CT molecular complexity index is 713. The highest BCUT2D eigenvalue weighted by Gasteiger charge is 2.16. The molecular weight excluding hydrogens is 270 g/mol. The van der Waals surface area contributed by atoms with E-state index in [0.29, 0.717) is 0 Å². The van der Waals surface area contributed by atoms with Gasteiger partial charge in [-0.1, -0.05) is 72.3 Å². The van der Waals surface area contributed by atoms with Gasteiger partial charge in [-0.3, -0.25) is 0 Å². The van der Waals surface area contributed by atoms with E-state index < -0.39 is 0 Å². The fourth-order valence-corrected chi connectivity index (χ4v) is 2.36. The van der Waals surface area contributed by atoms with Gasteiger partial charge < -0.3 is 4.42 Å². The Balaban J connectivity index is 2.10. The SMILES string of the molecule is C/C=C(\C)Cc1nc(-c2ccccc2)c(-c2ccccc2)o1. The van der Waals surface area contributed by atoms with Crippen LogP contribution < -0.4 is 0 Å². The van der Waals surface area contributed by atoms with Crippen molar-refractivity contribution in [3.05, 3.63) is 78.2 Å². The van der Waals surface area contributed by atoms with Gasteiger partial charge >= 0.3 is 0 Å². The van der Waals surface area contributed by atoms with Gasteiger partial charge in [0.2, 0.25) is 0 Å². The molecule has 1 aromatic heterocycles. The van der Waals surface area contributed by atoms with Crippen LogP contribution in [0.2, 0.25) is 0 Å². The van der Waals surface area contributed by atoms with Crippen LogP contribution in [0.4, 0.5) is 0 Å². The Morgan fingerprint density at radius 1 is 0.955 bits per heavy atom. The zero-order chi connectivity index (χ0) is 15.4. The number of oxazole rings is 1. The van der Waals surface area contributed by atoms with Crippen LogP contribution >= 0.6 is 0 Å². The van der Waals surface area contributed by atoms with Gasteiger partial charge in [-0.25, -0.2) is 4.98 Å². The van der Waals surface area contributed by atoms with E-state index in [1.165, 1.54) is 5.57 Å². The van der Waals surface area contributed by atoms with Crippen LogP contribution in [0.3, 0.4) is 0 Å². The largest absolute Gasteiger partial charge is 0.440 e. The molecule has 3 aromatic rings. The van der Waals surface area contributed by atoms with Gasteiger partial charge in [0.05, 0.1) is 0 Å². The van der Waals surface area contributed by atoms with E-state index in [9.17, 15) is 0 Å². The molecule has 0 atom stereocenters. The highest BCUT2D eigenvalue weighted by molar-refractivity contribution is 5.76. The topological polar surface area (TPSA) is 26.0 Å². The maximum Gasteiger partial charge on any atom is 0.199 e. The fraction of sp³-hybridized carbons (Fsp3) is 0.150. The number of rotatable bonds is 4. The number of nitrogens with zero attached hydrogens (tertiary/aromatic N) is 1. The lowest BCUT2D eigenvalue weighted by Crippen LogP contribution is -1.86. The number of hydrogen-bond donors (Lipinski definition) is 0. The van der Waals surface area contributed by atoms with E-state index in [-0.39, 0.29) is 0 Å². The zero-order valence-corrected chi connectivity index (χ0v) is 12.9. The average Bonchev–Trinajstić information content (AvgIpc) is 3.00. The van der Waals surface area contributed by atoms with Crippen molar-refractivity contribution >= 4 is 0 Å². The van der Waals surface area contributed by atoms with Crippen LogP contribution in [0.5, 0.6) is 0 Å². The number of hydrogen-bond acceptors (Lipinski definition) is 2. The van der Waals surface area contributed by atoms with Crippen molar-refractivity contribution in [2.45, 2.75) is 20.3 Å². The summed E-state index contributed by atoms with van der Waals surface area (Å²) in [7, 11) is 0. The molecule has 0 saturated carbocycles. The lowest BCUT2D eigenvalue weighted by atomic mass is 10.1. The van der Waals surface area contributed by atoms with E-state index in [1.807, 2.05) is 43.3 Å². The summed E-state index contributed by atoms with van der Waals surface area (Å²) in [5.74, 6) is 1.60. The second kappa shape index (κ2) is 6.44. The molecule has 0 fully saturated rings. The lowest BCUT2D eigenvalue weighted by molar-refractivity contribution is 0.517. The Morgan fingerprint density at radius 2 is 1.55 bits per heavy atom. The third-order valence-electron chi connectivity index (χ3n) is 3.68. The first-order valence-corrected chi connectivity index (χ1v) is 7.50. The van der Waals surface area contributed by atoms with Crippen molar-refractivity contribution in [2.75, 3.05) is 0 Å². The summed E-state index contributed by atoms with van der Waals surface area (Å²) in [6.07, 6.45) is 2.83. The van der Waals surface area contributed by atoms with Crippen LogP contribution in [-0.4, -0.2) is 4.98 Å². The highest BCUT2D eigenvalue weighted by Crippen LogP contribution is 2.33. The van der Waals surface area contributed by atoms with Gasteiger partial charge in [0, 0.05) is 17.5 Å². The second-order valence-corrected chi connectivity index (χ2v) is 5.33. The first-order chi connectivity index (χ1) is 10.8. The smallest absolute Gasteiger partial charge is 0.199 e. The van der Waals surface area contributed by atoms with E-state index in [0.717, 1.165) is 34.9 Å². The van der Waals surface area contributed by atoms with E-state index in [2.05, 4.69) is 37.3 Å². The molecule has 110 valence electrons. The van der Waals surface area contributed by atoms with Gasteiger partial charge in [-0.2, -0.15) is 0 Å². The standard InChI is InChI=1S/C20H19NO/c1-3-15(2)14-18-21-19(16-10-6-4-7-11-16)20(22-18)17-12-8-5-9-13-17/h3-13H,14H2,1-2H3/b15-3+. The molecule has 0 unspecified atom stereocenters. The summed E-state index contributed by atoms with van der Waals surface area (Å²) < 4.78 is 6.08. The summed E-state index contributed by atoms with van der Waals surface area (Å²) in [4.78, 5) is 4.74. The summed E-state index contributed by atoms with van der Waals surface area (Å²) >= 11 is 0. The van der Waals surface area contributed by atoms with E-state index in [4.69, 9.17) is 9.40 Å². The predicted octanol–water partition coefficient (Wildman–Crippen LogP) is 5.52. The van der Waals surface area contributed by atoms with E-state index >= 15 is 0 Å². The van der Waals surface area contributed by atoms with Gasteiger partial charge in [0.25, 0.3) is 0 Å². The van der Waals surface area contributed by atoms with Crippen molar-refractivity contribution in [3.63, 3.8) is 0 Å². The predicted molar refractivity (Wildman–Crippen MR) is 90.5 cm³/mol.